The number of guanidine groups is 1. The predicted octanol–water partition coefficient (Wildman–Crippen LogP) is -0.207. The topological polar surface area (TPSA) is 158 Å². The number of nitrogens with one attached hydrogen (secondary N) is 3. The fraction of sp³-hybridized carbons (Fsp3) is 0.571. The van der Waals surface area contributed by atoms with Gasteiger partial charge in [0.25, 0.3) is 0 Å². The van der Waals surface area contributed by atoms with Gasteiger partial charge in [-0.25, -0.2) is 8.42 Å². The summed E-state index contributed by atoms with van der Waals surface area (Å²) >= 11 is 0. The van der Waals surface area contributed by atoms with Gasteiger partial charge in [-0.3, -0.25) is 15.0 Å². The molecular formula is C21H32N6O5S. The maximum absolute atomic E-state index is 12.9. The number of nitrogens with zero attached hydrogens (tertiary/aromatic N) is 2. The van der Waals surface area contributed by atoms with Crippen molar-refractivity contribution in [2.45, 2.75) is 55.8 Å². The quantitative estimate of drug-likeness (QED) is 0.296. The van der Waals surface area contributed by atoms with Crippen molar-refractivity contribution < 1.29 is 22.7 Å². The summed E-state index contributed by atoms with van der Waals surface area (Å²) in [5, 5.41) is 10.7. The fourth-order valence-corrected chi connectivity index (χ4v) is 5.48. The van der Waals surface area contributed by atoms with E-state index in [-0.39, 0.29) is 29.3 Å². The van der Waals surface area contributed by atoms with Gasteiger partial charge >= 0.3 is 0 Å². The van der Waals surface area contributed by atoms with Crippen LogP contribution in [0.4, 0.5) is 0 Å². The molecule has 11 nitrogen and oxygen atoms in total. The molecule has 2 fully saturated rings. The Labute approximate surface area is 194 Å². The van der Waals surface area contributed by atoms with Crippen LogP contribution in [0.2, 0.25) is 0 Å². The minimum Gasteiger partial charge on any atom is -0.370 e. The molecule has 1 unspecified atom stereocenters. The Hall–Kier alpha value is -2.70. The molecule has 0 bridgehead atoms. The third kappa shape index (κ3) is 6.21. The number of carbonyl (C=O) groups is 2. The molecule has 33 heavy (non-hydrogen) atoms. The molecule has 2 amide bonds. The van der Waals surface area contributed by atoms with Crippen molar-refractivity contribution in [3.8, 4) is 0 Å². The SMILES string of the molecule is CCOC1[C@@H](NC(=O)CN2CCC[C@H](NS(=O)(=O)c3ccccc3)C2=O)CCCN1C(=N)N. The molecule has 1 aromatic carbocycles. The zero-order valence-corrected chi connectivity index (χ0v) is 19.5. The highest BCUT2D eigenvalue weighted by Gasteiger charge is 2.36. The normalized spacial score (nSPS) is 23.9. The van der Waals surface area contributed by atoms with Gasteiger partial charge in [-0.15, -0.1) is 0 Å². The average molecular weight is 481 g/mol. The van der Waals surface area contributed by atoms with E-state index < -0.39 is 28.2 Å². The van der Waals surface area contributed by atoms with E-state index in [1.165, 1.54) is 17.0 Å². The van der Waals surface area contributed by atoms with Gasteiger partial charge in [0.05, 0.1) is 17.5 Å². The molecule has 3 atom stereocenters. The number of sulfonamides is 1. The molecule has 12 heteroatoms. The molecule has 2 aliphatic rings. The molecule has 0 radical (unpaired) electrons. The second kappa shape index (κ2) is 10.9. The summed E-state index contributed by atoms with van der Waals surface area (Å²) in [6.45, 7) is 2.98. The van der Waals surface area contributed by atoms with Crippen LogP contribution in [0.15, 0.2) is 35.2 Å². The summed E-state index contributed by atoms with van der Waals surface area (Å²) < 4.78 is 33.4. The third-order valence-electron chi connectivity index (χ3n) is 5.77. The Kier molecular flexibility index (Phi) is 8.27. The van der Waals surface area contributed by atoms with Gasteiger partial charge in [0.15, 0.2) is 12.2 Å². The van der Waals surface area contributed by atoms with Crippen molar-refractivity contribution in [2.75, 3.05) is 26.2 Å². The van der Waals surface area contributed by atoms with Gasteiger partial charge in [0, 0.05) is 19.7 Å². The van der Waals surface area contributed by atoms with E-state index in [1.54, 1.807) is 23.1 Å². The maximum Gasteiger partial charge on any atom is 0.241 e. The smallest absolute Gasteiger partial charge is 0.241 e. The van der Waals surface area contributed by atoms with Crippen LogP contribution in [0.25, 0.3) is 0 Å². The number of piperidine rings is 2. The molecule has 3 rings (SSSR count). The first-order valence-corrected chi connectivity index (χ1v) is 12.6. The van der Waals surface area contributed by atoms with Crippen molar-refractivity contribution in [3.05, 3.63) is 30.3 Å². The molecule has 0 aromatic heterocycles. The van der Waals surface area contributed by atoms with E-state index in [1.807, 2.05) is 6.92 Å². The number of ether oxygens (including phenoxy) is 1. The number of rotatable bonds is 8. The van der Waals surface area contributed by atoms with Crippen molar-refractivity contribution in [3.63, 3.8) is 0 Å². The molecule has 2 aliphatic heterocycles. The van der Waals surface area contributed by atoms with Crippen molar-refractivity contribution in [1.29, 1.82) is 5.41 Å². The Morgan fingerprint density at radius 1 is 1.21 bits per heavy atom. The summed E-state index contributed by atoms with van der Waals surface area (Å²) in [5.41, 5.74) is 5.66. The molecule has 0 saturated carbocycles. The Bertz CT molecular complexity index is 957. The Morgan fingerprint density at radius 2 is 1.91 bits per heavy atom. The first kappa shape index (κ1) is 24.9. The van der Waals surface area contributed by atoms with E-state index in [9.17, 15) is 18.0 Å². The van der Waals surface area contributed by atoms with Crippen LogP contribution < -0.4 is 15.8 Å². The number of carbonyl (C=O) groups excluding carboxylic acids is 2. The van der Waals surface area contributed by atoms with Crippen LogP contribution >= 0.6 is 0 Å². The van der Waals surface area contributed by atoms with E-state index in [4.69, 9.17) is 15.9 Å². The monoisotopic (exact) mass is 480 g/mol. The minimum atomic E-state index is -3.85. The van der Waals surface area contributed by atoms with Crippen LogP contribution in [-0.2, 0) is 24.3 Å². The lowest BCUT2D eigenvalue weighted by atomic mass is 10.0. The van der Waals surface area contributed by atoms with Crippen LogP contribution in [0.1, 0.15) is 32.6 Å². The number of benzene rings is 1. The molecule has 0 spiro atoms. The zero-order chi connectivity index (χ0) is 24.0. The first-order chi connectivity index (χ1) is 15.7. The van der Waals surface area contributed by atoms with Gasteiger partial charge in [0.1, 0.15) is 6.04 Å². The summed E-state index contributed by atoms with van der Waals surface area (Å²) in [4.78, 5) is 28.7. The number of nitrogens with two attached hydrogens (primary N) is 1. The second-order valence-corrected chi connectivity index (χ2v) is 9.84. The molecule has 2 heterocycles. The van der Waals surface area contributed by atoms with Gasteiger partial charge in [-0.1, -0.05) is 18.2 Å². The number of hydrogen-bond acceptors (Lipinski definition) is 6. The van der Waals surface area contributed by atoms with Crippen LogP contribution in [0, 0.1) is 5.41 Å². The molecular weight excluding hydrogens is 448 g/mol. The van der Waals surface area contributed by atoms with Gasteiger partial charge in [0.2, 0.25) is 21.8 Å². The number of amides is 2. The van der Waals surface area contributed by atoms with E-state index in [0.29, 0.717) is 39.0 Å². The zero-order valence-electron chi connectivity index (χ0n) is 18.7. The Morgan fingerprint density at radius 3 is 2.58 bits per heavy atom. The molecule has 0 aliphatic carbocycles. The lowest BCUT2D eigenvalue weighted by molar-refractivity contribution is -0.140. The lowest BCUT2D eigenvalue weighted by Gasteiger charge is -2.41. The molecule has 2 saturated heterocycles. The number of likely N-dealkylation sites (tertiary alicyclic amines) is 2. The van der Waals surface area contributed by atoms with Crippen molar-refractivity contribution in [1.82, 2.24) is 19.8 Å². The van der Waals surface area contributed by atoms with Gasteiger partial charge in [-0.2, -0.15) is 4.72 Å². The minimum absolute atomic E-state index is 0.0851. The predicted molar refractivity (Wildman–Crippen MR) is 122 cm³/mol. The van der Waals surface area contributed by atoms with E-state index >= 15 is 0 Å². The summed E-state index contributed by atoms with van der Waals surface area (Å²) in [5.74, 6) is -0.909. The highest BCUT2D eigenvalue weighted by atomic mass is 32.2. The average Bonchev–Trinajstić information content (AvgIpc) is 2.78. The maximum atomic E-state index is 12.9. The Balaban J connectivity index is 1.61. The summed E-state index contributed by atoms with van der Waals surface area (Å²) in [6.07, 6.45) is 1.79. The fourth-order valence-electron chi connectivity index (χ4n) is 4.23. The molecule has 5 N–H and O–H groups in total. The summed E-state index contributed by atoms with van der Waals surface area (Å²) in [7, 11) is -3.85. The summed E-state index contributed by atoms with van der Waals surface area (Å²) in [6, 6.07) is 6.57. The number of hydrogen-bond donors (Lipinski definition) is 4. The first-order valence-electron chi connectivity index (χ1n) is 11.1. The molecule has 182 valence electrons. The van der Waals surface area contributed by atoms with Crippen LogP contribution in [-0.4, -0.2) is 80.5 Å². The lowest BCUT2D eigenvalue weighted by Crippen LogP contribution is -2.61. The van der Waals surface area contributed by atoms with Gasteiger partial charge in [-0.05, 0) is 44.7 Å². The highest BCUT2D eigenvalue weighted by molar-refractivity contribution is 7.89. The second-order valence-electron chi connectivity index (χ2n) is 8.13. The standard InChI is InChI=1S/C21H32N6O5S/c1-2-32-20-17(11-7-13-27(20)21(22)23)24-18(28)14-26-12-6-10-16(19(26)29)25-33(30,31)15-8-4-3-5-9-15/h3-5,8-9,16-17,20,25H,2,6-7,10-14H2,1H3,(H3,22,23)(H,24,28)/t16-,17-,20?/m0/s1. The van der Waals surface area contributed by atoms with Crippen molar-refractivity contribution >= 4 is 27.8 Å². The largest absolute Gasteiger partial charge is 0.370 e. The van der Waals surface area contributed by atoms with Gasteiger partial charge < -0.3 is 25.6 Å². The van der Waals surface area contributed by atoms with Crippen LogP contribution in [0.5, 0.6) is 0 Å². The van der Waals surface area contributed by atoms with Crippen molar-refractivity contribution in [2.24, 2.45) is 5.73 Å². The van der Waals surface area contributed by atoms with Crippen LogP contribution in [0.3, 0.4) is 0 Å². The molecule has 1 aromatic rings. The third-order valence-corrected chi connectivity index (χ3v) is 7.26. The van der Waals surface area contributed by atoms with E-state index in [2.05, 4.69) is 10.0 Å². The van der Waals surface area contributed by atoms with E-state index in [0.717, 1.165) is 6.42 Å². The highest BCUT2D eigenvalue weighted by Crippen LogP contribution is 2.19.